The number of fused-ring (bicyclic) bond motifs is 1. The summed E-state index contributed by atoms with van der Waals surface area (Å²) >= 11 is 0. The second-order valence-corrected chi connectivity index (χ2v) is 6.51. The topological polar surface area (TPSA) is 82.1 Å². The second kappa shape index (κ2) is 6.78. The molecule has 3 aromatic rings. The largest absolute Gasteiger partial charge is 0.383 e. The van der Waals surface area contributed by atoms with Crippen molar-refractivity contribution in [3.63, 3.8) is 0 Å². The van der Waals surface area contributed by atoms with E-state index in [9.17, 15) is 0 Å². The van der Waals surface area contributed by atoms with Crippen molar-refractivity contribution in [2.45, 2.75) is 26.1 Å². The SMILES string of the molecule is Cc1cnn(CC2CN(Cc3nc(N)c4ccccc4n3)CCO2)c1. The Morgan fingerprint density at radius 1 is 1.28 bits per heavy atom. The number of nitrogen functional groups attached to an aromatic ring is 1. The standard InChI is InChI=1S/C18H22N6O/c1-13-8-20-24(9-13)11-14-10-23(6-7-25-14)12-17-21-16-5-3-2-4-15(16)18(19)22-17/h2-5,8-9,14H,6-7,10-12H2,1H3,(H2,19,21,22). The van der Waals surface area contributed by atoms with Gasteiger partial charge in [-0.05, 0) is 24.6 Å². The van der Waals surface area contributed by atoms with E-state index in [4.69, 9.17) is 10.5 Å². The molecule has 0 aliphatic carbocycles. The Morgan fingerprint density at radius 3 is 3.00 bits per heavy atom. The van der Waals surface area contributed by atoms with Gasteiger partial charge in [0.25, 0.3) is 0 Å². The van der Waals surface area contributed by atoms with Crippen LogP contribution in [0.3, 0.4) is 0 Å². The Labute approximate surface area is 146 Å². The highest BCUT2D eigenvalue weighted by Gasteiger charge is 2.22. The highest BCUT2D eigenvalue weighted by molar-refractivity contribution is 5.87. The molecule has 1 saturated heterocycles. The highest BCUT2D eigenvalue weighted by Crippen LogP contribution is 2.18. The molecule has 0 amide bonds. The van der Waals surface area contributed by atoms with Gasteiger partial charge in [-0.15, -0.1) is 0 Å². The first-order valence-electron chi connectivity index (χ1n) is 8.51. The van der Waals surface area contributed by atoms with Crippen LogP contribution in [-0.4, -0.2) is 50.4 Å². The van der Waals surface area contributed by atoms with Crippen molar-refractivity contribution in [3.8, 4) is 0 Å². The molecule has 7 heteroatoms. The molecule has 1 aliphatic rings. The monoisotopic (exact) mass is 338 g/mol. The van der Waals surface area contributed by atoms with Crippen LogP contribution in [0.1, 0.15) is 11.4 Å². The lowest BCUT2D eigenvalue weighted by Crippen LogP contribution is -2.44. The number of aromatic nitrogens is 4. The molecule has 1 atom stereocenters. The lowest BCUT2D eigenvalue weighted by Gasteiger charge is -2.32. The molecule has 7 nitrogen and oxygen atoms in total. The molecule has 0 spiro atoms. The van der Waals surface area contributed by atoms with E-state index in [0.29, 0.717) is 19.0 Å². The fourth-order valence-electron chi connectivity index (χ4n) is 3.23. The molecule has 130 valence electrons. The zero-order valence-electron chi connectivity index (χ0n) is 14.3. The number of hydrogen-bond donors (Lipinski definition) is 1. The van der Waals surface area contributed by atoms with Crippen LogP contribution >= 0.6 is 0 Å². The van der Waals surface area contributed by atoms with E-state index in [-0.39, 0.29) is 6.10 Å². The number of benzene rings is 1. The summed E-state index contributed by atoms with van der Waals surface area (Å²) in [6.45, 7) is 5.87. The molecule has 0 bridgehead atoms. The molecular weight excluding hydrogens is 316 g/mol. The van der Waals surface area contributed by atoms with Crippen molar-refractivity contribution in [1.29, 1.82) is 0 Å². The summed E-state index contributed by atoms with van der Waals surface area (Å²) < 4.78 is 7.82. The average Bonchev–Trinajstić information content (AvgIpc) is 3.00. The molecule has 4 rings (SSSR count). The van der Waals surface area contributed by atoms with Crippen LogP contribution in [-0.2, 0) is 17.8 Å². The van der Waals surface area contributed by atoms with Gasteiger partial charge in [-0.2, -0.15) is 5.10 Å². The van der Waals surface area contributed by atoms with E-state index >= 15 is 0 Å². The molecule has 3 heterocycles. The number of morpholine rings is 1. The van der Waals surface area contributed by atoms with Crippen LogP contribution < -0.4 is 5.73 Å². The molecule has 2 aromatic heterocycles. The van der Waals surface area contributed by atoms with Crippen LogP contribution in [0.4, 0.5) is 5.82 Å². The van der Waals surface area contributed by atoms with Gasteiger partial charge in [0.15, 0.2) is 0 Å². The summed E-state index contributed by atoms with van der Waals surface area (Å²) in [4.78, 5) is 11.4. The summed E-state index contributed by atoms with van der Waals surface area (Å²) in [5.41, 5.74) is 8.14. The number of rotatable bonds is 4. The molecule has 1 aromatic carbocycles. The van der Waals surface area contributed by atoms with Crippen LogP contribution in [0.2, 0.25) is 0 Å². The van der Waals surface area contributed by atoms with Crippen molar-refractivity contribution in [2.24, 2.45) is 0 Å². The number of nitrogens with zero attached hydrogens (tertiary/aromatic N) is 5. The molecule has 0 radical (unpaired) electrons. The minimum absolute atomic E-state index is 0.117. The fourth-order valence-corrected chi connectivity index (χ4v) is 3.23. The summed E-state index contributed by atoms with van der Waals surface area (Å²) in [5, 5.41) is 5.24. The van der Waals surface area contributed by atoms with Crippen LogP contribution in [0.15, 0.2) is 36.7 Å². The predicted molar refractivity (Wildman–Crippen MR) is 95.9 cm³/mol. The van der Waals surface area contributed by atoms with E-state index in [2.05, 4.69) is 20.0 Å². The minimum atomic E-state index is 0.117. The second-order valence-electron chi connectivity index (χ2n) is 6.51. The Kier molecular flexibility index (Phi) is 4.33. The number of para-hydroxylation sites is 1. The van der Waals surface area contributed by atoms with Crippen LogP contribution in [0, 0.1) is 6.92 Å². The summed E-state index contributed by atoms with van der Waals surface area (Å²) in [6.07, 6.45) is 4.02. The van der Waals surface area contributed by atoms with E-state index < -0.39 is 0 Å². The fraction of sp³-hybridized carbons (Fsp3) is 0.389. The number of anilines is 1. The summed E-state index contributed by atoms with van der Waals surface area (Å²) in [7, 11) is 0. The highest BCUT2D eigenvalue weighted by atomic mass is 16.5. The smallest absolute Gasteiger partial charge is 0.145 e. The lowest BCUT2D eigenvalue weighted by molar-refractivity contribution is -0.0408. The maximum Gasteiger partial charge on any atom is 0.145 e. The van der Waals surface area contributed by atoms with Gasteiger partial charge in [-0.1, -0.05) is 12.1 Å². The number of ether oxygens (including phenoxy) is 1. The Hall–Kier alpha value is -2.51. The third kappa shape index (κ3) is 3.62. The summed E-state index contributed by atoms with van der Waals surface area (Å²) in [5.74, 6) is 1.30. The van der Waals surface area contributed by atoms with Gasteiger partial charge in [-0.3, -0.25) is 9.58 Å². The normalized spacial score (nSPS) is 18.7. The number of hydrogen-bond acceptors (Lipinski definition) is 6. The maximum absolute atomic E-state index is 6.09. The molecule has 1 unspecified atom stereocenters. The van der Waals surface area contributed by atoms with Crippen LogP contribution in [0.5, 0.6) is 0 Å². The van der Waals surface area contributed by atoms with Gasteiger partial charge in [0.05, 0.1) is 37.5 Å². The first kappa shape index (κ1) is 16.0. The van der Waals surface area contributed by atoms with Crippen molar-refractivity contribution in [2.75, 3.05) is 25.4 Å². The number of aryl methyl sites for hydroxylation is 1. The van der Waals surface area contributed by atoms with Gasteiger partial charge in [0, 0.05) is 24.7 Å². The van der Waals surface area contributed by atoms with Gasteiger partial charge in [-0.25, -0.2) is 9.97 Å². The Morgan fingerprint density at radius 2 is 2.16 bits per heavy atom. The lowest BCUT2D eigenvalue weighted by atomic mass is 10.2. The van der Waals surface area contributed by atoms with E-state index in [1.54, 1.807) is 0 Å². The average molecular weight is 338 g/mol. The van der Waals surface area contributed by atoms with Crippen molar-refractivity contribution in [1.82, 2.24) is 24.6 Å². The molecule has 25 heavy (non-hydrogen) atoms. The van der Waals surface area contributed by atoms with Crippen molar-refractivity contribution >= 4 is 16.7 Å². The Balaban J connectivity index is 1.45. The van der Waals surface area contributed by atoms with Gasteiger partial charge < -0.3 is 10.5 Å². The molecular formula is C18H22N6O. The summed E-state index contributed by atoms with van der Waals surface area (Å²) in [6, 6.07) is 7.84. The quantitative estimate of drug-likeness (QED) is 0.778. The van der Waals surface area contributed by atoms with E-state index in [1.807, 2.05) is 48.3 Å². The Bertz CT molecular complexity index is 877. The van der Waals surface area contributed by atoms with Gasteiger partial charge in [0.2, 0.25) is 0 Å². The van der Waals surface area contributed by atoms with Gasteiger partial charge in [0.1, 0.15) is 11.6 Å². The van der Waals surface area contributed by atoms with E-state index in [0.717, 1.165) is 41.9 Å². The van der Waals surface area contributed by atoms with Crippen molar-refractivity contribution < 1.29 is 4.74 Å². The number of nitrogens with two attached hydrogens (primary N) is 1. The molecule has 0 saturated carbocycles. The first-order valence-corrected chi connectivity index (χ1v) is 8.51. The zero-order chi connectivity index (χ0) is 17.2. The van der Waals surface area contributed by atoms with Crippen LogP contribution in [0.25, 0.3) is 10.9 Å². The van der Waals surface area contributed by atoms with Crippen molar-refractivity contribution in [3.05, 3.63) is 48.0 Å². The molecule has 1 fully saturated rings. The van der Waals surface area contributed by atoms with Gasteiger partial charge >= 0.3 is 0 Å². The predicted octanol–water partition coefficient (Wildman–Crippen LogP) is 1.62. The third-order valence-electron chi connectivity index (χ3n) is 4.42. The minimum Gasteiger partial charge on any atom is -0.383 e. The zero-order valence-corrected chi connectivity index (χ0v) is 14.3. The molecule has 2 N–H and O–H groups in total. The maximum atomic E-state index is 6.09. The van der Waals surface area contributed by atoms with E-state index in [1.165, 1.54) is 0 Å². The molecule has 1 aliphatic heterocycles. The third-order valence-corrected chi connectivity index (χ3v) is 4.42. The first-order chi connectivity index (χ1) is 12.2.